The van der Waals surface area contributed by atoms with Crippen molar-refractivity contribution in [3.63, 3.8) is 0 Å². The third-order valence-electron chi connectivity index (χ3n) is 3.02. The van der Waals surface area contributed by atoms with Crippen molar-refractivity contribution < 1.29 is 19.1 Å². The molecule has 2 aromatic heterocycles. The highest BCUT2D eigenvalue weighted by atomic mass is 16.5. The van der Waals surface area contributed by atoms with Crippen LogP contribution in [0.25, 0.3) is 11.2 Å². The number of imidazole rings is 1. The van der Waals surface area contributed by atoms with Crippen molar-refractivity contribution in [3.05, 3.63) is 12.7 Å². The molecule has 0 saturated carbocycles. The lowest BCUT2D eigenvalue weighted by molar-refractivity contribution is -0.152. The van der Waals surface area contributed by atoms with Crippen molar-refractivity contribution in [2.45, 2.75) is 13.0 Å². The smallest absolute Gasteiger partial charge is 0.311 e. The molecule has 0 amide bonds. The Morgan fingerprint density at radius 2 is 2.05 bits per heavy atom. The summed E-state index contributed by atoms with van der Waals surface area (Å²) in [4.78, 5) is 35.2. The molecule has 0 saturated heterocycles. The van der Waals surface area contributed by atoms with Crippen LogP contribution in [-0.4, -0.2) is 45.7 Å². The molecule has 9 nitrogen and oxygen atoms in total. The molecule has 0 spiro atoms. The zero-order chi connectivity index (χ0) is 15.4. The van der Waals surface area contributed by atoms with Crippen LogP contribution < -0.4 is 5.73 Å². The maximum absolute atomic E-state index is 11.8. The van der Waals surface area contributed by atoms with Crippen LogP contribution in [-0.2, 0) is 25.6 Å². The molecule has 0 radical (unpaired) electrons. The van der Waals surface area contributed by atoms with Crippen molar-refractivity contribution in [2.24, 2.45) is 5.92 Å². The van der Waals surface area contributed by atoms with Crippen molar-refractivity contribution in [2.75, 3.05) is 20.0 Å². The lowest BCUT2D eigenvalue weighted by Crippen LogP contribution is -2.25. The van der Waals surface area contributed by atoms with Crippen molar-refractivity contribution in [1.29, 1.82) is 0 Å². The fourth-order valence-electron chi connectivity index (χ4n) is 1.94. The normalized spacial score (nSPS) is 12.1. The number of ether oxygens (including phenoxy) is 2. The number of nitrogens with two attached hydrogens (primary N) is 1. The summed E-state index contributed by atoms with van der Waals surface area (Å²) < 4.78 is 10.9. The van der Waals surface area contributed by atoms with Crippen LogP contribution in [0.4, 0.5) is 5.82 Å². The number of nitrogen functional groups attached to an aromatic ring is 1. The molecule has 2 rings (SSSR count). The van der Waals surface area contributed by atoms with Gasteiger partial charge in [-0.2, -0.15) is 0 Å². The minimum Gasteiger partial charge on any atom is -0.469 e. The summed E-state index contributed by atoms with van der Waals surface area (Å²) in [6, 6.07) is 0. The van der Waals surface area contributed by atoms with Gasteiger partial charge in [-0.05, 0) is 0 Å². The van der Waals surface area contributed by atoms with Crippen molar-refractivity contribution in [1.82, 2.24) is 19.5 Å². The van der Waals surface area contributed by atoms with Gasteiger partial charge in [0.2, 0.25) is 0 Å². The van der Waals surface area contributed by atoms with Gasteiger partial charge in [-0.1, -0.05) is 0 Å². The van der Waals surface area contributed by atoms with Gasteiger partial charge in [0.05, 0.1) is 32.9 Å². The number of nitrogens with zero attached hydrogens (tertiary/aromatic N) is 4. The van der Waals surface area contributed by atoms with Gasteiger partial charge in [0.15, 0.2) is 11.5 Å². The second kappa shape index (κ2) is 6.16. The van der Waals surface area contributed by atoms with Crippen molar-refractivity contribution >= 4 is 28.9 Å². The Hall–Kier alpha value is -2.71. The van der Waals surface area contributed by atoms with Gasteiger partial charge in [0, 0.05) is 6.54 Å². The molecule has 0 aliphatic rings. The van der Waals surface area contributed by atoms with Crippen LogP contribution in [0.5, 0.6) is 0 Å². The van der Waals surface area contributed by atoms with E-state index < -0.39 is 17.9 Å². The summed E-state index contributed by atoms with van der Waals surface area (Å²) in [7, 11) is 2.52. The first-order valence-corrected chi connectivity index (χ1v) is 6.12. The monoisotopic (exact) mass is 293 g/mol. The molecule has 0 aromatic carbocycles. The minimum atomic E-state index is -0.698. The number of carbonyl (C=O) groups excluding carboxylic acids is 2. The second-order valence-corrected chi connectivity index (χ2v) is 4.33. The first-order valence-electron chi connectivity index (χ1n) is 6.12. The summed E-state index contributed by atoms with van der Waals surface area (Å²) in [5, 5.41) is 0. The quantitative estimate of drug-likeness (QED) is 0.749. The van der Waals surface area contributed by atoms with Crippen LogP contribution in [0.1, 0.15) is 6.42 Å². The number of rotatable bonds is 5. The molecule has 2 aromatic rings. The summed E-state index contributed by atoms with van der Waals surface area (Å²) in [5.74, 6) is -1.45. The fourth-order valence-corrected chi connectivity index (χ4v) is 1.94. The SMILES string of the molecule is COC(=O)CC(Cn1cnc2c(N)ncnc21)C(=O)OC. The average molecular weight is 293 g/mol. The van der Waals surface area contributed by atoms with E-state index in [1.165, 1.54) is 26.9 Å². The molecule has 0 bridgehead atoms. The van der Waals surface area contributed by atoms with Crippen molar-refractivity contribution in [3.8, 4) is 0 Å². The third kappa shape index (κ3) is 3.07. The molecule has 112 valence electrons. The molecule has 2 heterocycles. The lowest BCUT2D eigenvalue weighted by Gasteiger charge is -2.14. The highest BCUT2D eigenvalue weighted by Crippen LogP contribution is 2.17. The summed E-state index contributed by atoms with van der Waals surface area (Å²) >= 11 is 0. The van der Waals surface area contributed by atoms with Gasteiger partial charge < -0.3 is 19.8 Å². The number of fused-ring (bicyclic) bond motifs is 1. The maximum atomic E-state index is 11.8. The summed E-state index contributed by atoms with van der Waals surface area (Å²) in [5.41, 5.74) is 6.63. The first-order chi connectivity index (χ1) is 10.1. The summed E-state index contributed by atoms with van der Waals surface area (Å²) in [6.07, 6.45) is 2.70. The Kier molecular flexibility index (Phi) is 4.31. The van der Waals surface area contributed by atoms with E-state index in [0.717, 1.165) is 0 Å². The Morgan fingerprint density at radius 3 is 2.71 bits per heavy atom. The summed E-state index contributed by atoms with van der Waals surface area (Å²) in [6.45, 7) is 0.175. The third-order valence-corrected chi connectivity index (χ3v) is 3.02. The van der Waals surface area contributed by atoms with E-state index in [1.807, 2.05) is 0 Å². The number of carbonyl (C=O) groups is 2. The predicted octanol–water partition coefficient (Wildman–Crippen LogP) is -0.239. The highest BCUT2D eigenvalue weighted by Gasteiger charge is 2.25. The zero-order valence-electron chi connectivity index (χ0n) is 11.6. The van der Waals surface area contributed by atoms with E-state index in [4.69, 9.17) is 10.5 Å². The van der Waals surface area contributed by atoms with Crippen LogP contribution in [0.15, 0.2) is 12.7 Å². The van der Waals surface area contributed by atoms with E-state index in [1.54, 1.807) is 4.57 Å². The Bertz CT molecular complexity index is 669. The van der Waals surface area contributed by atoms with E-state index in [9.17, 15) is 9.59 Å². The number of hydrogen-bond donors (Lipinski definition) is 1. The van der Waals surface area contributed by atoms with Gasteiger partial charge in [0.25, 0.3) is 0 Å². The molecule has 0 aliphatic heterocycles. The molecular weight excluding hydrogens is 278 g/mol. The van der Waals surface area contributed by atoms with Gasteiger partial charge in [-0.25, -0.2) is 15.0 Å². The average Bonchev–Trinajstić information content (AvgIpc) is 2.90. The molecule has 0 aliphatic carbocycles. The lowest BCUT2D eigenvalue weighted by atomic mass is 10.1. The molecule has 0 fully saturated rings. The zero-order valence-corrected chi connectivity index (χ0v) is 11.6. The van der Waals surface area contributed by atoms with E-state index >= 15 is 0 Å². The van der Waals surface area contributed by atoms with Gasteiger partial charge in [0.1, 0.15) is 11.8 Å². The topological polar surface area (TPSA) is 122 Å². The molecule has 9 heteroatoms. The number of methoxy groups -OCH3 is 2. The number of aromatic nitrogens is 4. The fraction of sp³-hybridized carbons (Fsp3) is 0.417. The van der Waals surface area contributed by atoms with Gasteiger partial charge in [-0.15, -0.1) is 0 Å². The highest BCUT2D eigenvalue weighted by molar-refractivity contribution is 5.82. The molecule has 1 atom stereocenters. The van der Waals surface area contributed by atoms with Crippen LogP contribution in [0, 0.1) is 5.92 Å². The number of anilines is 1. The standard InChI is InChI=1S/C12H15N5O4/c1-20-8(18)3-7(12(19)21-2)4-17-6-16-9-10(13)14-5-15-11(9)17/h5-7H,3-4H2,1-2H3,(H2,13,14,15). The van der Waals surface area contributed by atoms with E-state index in [0.29, 0.717) is 11.2 Å². The largest absolute Gasteiger partial charge is 0.469 e. The minimum absolute atomic E-state index is 0.0938. The predicted molar refractivity (Wildman–Crippen MR) is 71.9 cm³/mol. The molecule has 2 N–H and O–H groups in total. The van der Waals surface area contributed by atoms with E-state index in [2.05, 4.69) is 19.7 Å². The Morgan fingerprint density at radius 1 is 1.29 bits per heavy atom. The van der Waals surface area contributed by atoms with Gasteiger partial charge >= 0.3 is 11.9 Å². The Balaban J connectivity index is 2.28. The van der Waals surface area contributed by atoms with Gasteiger partial charge in [-0.3, -0.25) is 9.59 Å². The molecule has 21 heavy (non-hydrogen) atoms. The first kappa shape index (κ1) is 14.7. The Labute approximate surface area is 120 Å². The number of esters is 2. The maximum Gasteiger partial charge on any atom is 0.311 e. The van der Waals surface area contributed by atoms with E-state index in [-0.39, 0.29) is 18.8 Å². The van der Waals surface area contributed by atoms with Crippen LogP contribution in [0.3, 0.4) is 0 Å². The number of hydrogen-bond acceptors (Lipinski definition) is 8. The second-order valence-electron chi connectivity index (χ2n) is 4.33. The van der Waals surface area contributed by atoms with Crippen LogP contribution in [0.2, 0.25) is 0 Å². The molecule has 1 unspecified atom stereocenters. The molecular formula is C12H15N5O4. The van der Waals surface area contributed by atoms with Crippen LogP contribution >= 0.6 is 0 Å².